The number of fused-ring (bicyclic) bond motifs is 4. The first-order valence-electron chi connectivity index (χ1n) is 12.3. The van der Waals surface area contributed by atoms with E-state index in [2.05, 4.69) is 21.1 Å². The van der Waals surface area contributed by atoms with Gasteiger partial charge in [0.1, 0.15) is 0 Å². The Hall–Kier alpha value is -1.72. The zero-order valence-electron chi connectivity index (χ0n) is 18.2. The van der Waals surface area contributed by atoms with E-state index in [0.29, 0.717) is 24.7 Å². The van der Waals surface area contributed by atoms with Gasteiger partial charge in [-0.2, -0.15) is 10.2 Å². The summed E-state index contributed by atoms with van der Waals surface area (Å²) in [6.07, 6.45) is 19.2. The fraction of sp³-hybridized carbons (Fsp3) is 0.833. The minimum atomic E-state index is 0.00195. The molecule has 2 amide bonds. The van der Waals surface area contributed by atoms with Crippen LogP contribution in [0.4, 0.5) is 0 Å². The first kappa shape index (κ1) is 21.5. The van der Waals surface area contributed by atoms with Gasteiger partial charge in [-0.15, -0.1) is 0 Å². The molecule has 4 bridgehead atoms. The first-order chi connectivity index (χ1) is 14.7. The average molecular weight is 415 g/mol. The Morgan fingerprint density at radius 3 is 1.50 bits per heavy atom. The van der Waals surface area contributed by atoms with Gasteiger partial charge in [0, 0.05) is 25.3 Å². The van der Waals surface area contributed by atoms with Crippen LogP contribution >= 0.6 is 0 Å². The fourth-order valence-corrected chi connectivity index (χ4v) is 6.40. The average Bonchev–Trinajstić information content (AvgIpc) is 3.52. The number of unbranched alkanes of at least 4 members (excludes halogenated alkanes) is 3. The third kappa shape index (κ3) is 5.92. The SMILES string of the molecule is O=C(CCCCCCC(=O)N/N=C\[C@H]1C[C@H]2CC[C@@H]1C2)N/N=C\[C@@H]1C[C@@H]2CC[C@@H]1C2. The summed E-state index contributed by atoms with van der Waals surface area (Å²) in [6, 6.07) is 0. The van der Waals surface area contributed by atoms with E-state index in [4.69, 9.17) is 0 Å². The van der Waals surface area contributed by atoms with Crippen molar-refractivity contribution in [2.24, 2.45) is 45.7 Å². The molecule has 0 radical (unpaired) electrons. The van der Waals surface area contributed by atoms with E-state index in [1.165, 1.54) is 51.4 Å². The van der Waals surface area contributed by atoms with E-state index < -0.39 is 0 Å². The summed E-state index contributed by atoms with van der Waals surface area (Å²) in [4.78, 5) is 23.8. The van der Waals surface area contributed by atoms with Gasteiger partial charge < -0.3 is 0 Å². The minimum absolute atomic E-state index is 0.00195. The van der Waals surface area contributed by atoms with Gasteiger partial charge in [-0.3, -0.25) is 9.59 Å². The second-order valence-electron chi connectivity index (χ2n) is 10.2. The summed E-state index contributed by atoms with van der Waals surface area (Å²) in [5.74, 6) is 4.56. The lowest BCUT2D eigenvalue weighted by Crippen LogP contribution is -2.20. The van der Waals surface area contributed by atoms with Crippen LogP contribution in [0.2, 0.25) is 0 Å². The third-order valence-corrected chi connectivity index (χ3v) is 8.05. The van der Waals surface area contributed by atoms with E-state index in [0.717, 1.165) is 49.4 Å². The van der Waals surface area contributed by atoms with Gasteiger partial charge in [0.2, 0.25) is 11.8 Å². The number of hydrazone groups is 2. The van der Waals surface area contributed by atoms with E-state index in [9.17, 15) is 9.59 Å². The molecule has 4 fully saturated rings. The maximum Gasteiger partial charge on any atom is 0.240 e. The molecule has 0 aliphatic heterocycles. The topological polar surface area (TPSA) is 82.9 Å². The van der Waals surface area contributed by atoms with Crippen LogP contribution in [0.3, 0.4) is 0 Å². The number of hydrogen-bond acceptors (Lipinski definition) is 4. The molecule has 0 saturated heterocycles. The number of amides is 2. The summed E-state index contributed by atoms with van der Waals surface area (Å²) >= 11 is 0. The number of carbonyl (C=O) groups excluding carboxylic acids is 2. The van der Waals surface area contributed by atoms with Crippen LogP contribution in [0.15, 0.2) is 10.2 Å². The van der Waals surface area contributed by atoms with Crippen LogP contribution in [0.1, 0.15) is 89.9 Å². The molecular formula is C24H38N4O2. The molecule has 0 spiro atoms. The molecule has 166 valence electrons. The van der Waals surface area contributed by atoms with Gasteiger partial charge in [-0.1, -0.05) is 25.7 Å². The van der Waals surface area contributed by atoms with Crippen LogP contribution < -0.4 is 10.9 Å². The molecule has 0 aromatic rings. The maximum absolute atomic E-state index is 11.9. The Bertz CT molecular complexity index is 606. The summed E-state index contributed by atoms with van der Waals surface area (Å²) < 4.78 is 0. The quantitative estimate of drug-likeness (QED) is 0.298. The first-order valence-corrected chi connectivity index (χ1v) is 12.3. The van der Waals surface area contributed by atoms with E-state index >= 15 is 0 Å². The Kier molecular flexibility index (Phi) is 7.56. The number of carbonyl (C=O) groups is 2. The molecule has 4 aliphatic carbocycles. The molecule has 6 nitrogen and oxygen atoms in total. The maximum atomic E-state index is 11.9. The van der Waals surface area contributed by atoms with Gasteiger partial charge in [0.05, 0.1) is 0 Å². The van der Waals surface area contributed by atoms with Crippen LogP contribution in [0, 0.1) is 35.5 Å². The van der Waals surface area contributed by atoms with Crippen molar-refractivity contribution in [1.29, 1.82) is 0 Å². The lowest BCUT2D eigenvalue weighted by Gasteiger charge is -2.16. The molecule has 0 heterocycles. The zero-order valence-corrected chi connectivity index (χ0v) is 18.2. The van der Waals surface area contributed by atoms with Crippen molar-refractivity contribution < 1.29 is 9.59 Å². The van der Waals surface area contributed by atoms with E-state index in [1.807, 2.05) is 12.4 Å². The number of hydrogen-bond donors (Lipinski definition) is 2. The standard InChI is InChI=1S/C24H38N4O2/c29-23(27-25-15-21-13-17-7-9-19(21)11-17)5-3-1-2-4-6-24(30)28-26-16-22-14-18-8-10-20(22)12-18/h15-22H,1-14H2,(H,27,29)(H,28,30)/b25-15-,26-16-/t17-,18+,19-,20-,21+,22-/m1/s1. The van der Waals surface area contributed by atoms with Crippen LogP contribution in [-0.2, 0) is 9.59 Å². The van der Waals surface area contributed by atoms with Crippen LogP contribution in [0.25, 0.3) is 0 Å². The van der Waals surface area contributed by atoms with Crippen molar-refractivity contribution >= 4 is 24.2 Å². The summed E-state index contributed by atoms with van der Waals surface area (Å²) in [5.41, 5.74) is 5.37. The normalized spacial score (nSPS) is 34.4. The Morgan fingerprint density at radius 2 is 1.13 bits per heavy atom. The Morgan fingerprint density at radius 1 is 0.667 bits per heavy atom. The summed E-state index contributed by atoms with van der Waals surface area (Å²) in [7, 11) is 0. The van der Waals surface area contributed by atoms with Crippen molar-refractivity contribution in [1.82, 2.24) is 10.9 Å². The van der Waals surface area contributed by atoms with Crippen LogP contribution in [0.5, 0.6) is 0 Å². The fourth-order valence-electron chi connectivity index (χ4n) is 6.40. The van der Waals surface area contributed by atoms with Gasteiger partial charge in [0.15, 0.2) is 0 Å². The highest BCUT2D eigenvalue weighted by molar-refractivity contribution is 5.77. The highest BCUT2D eigenvalue weighted by Gasteiger charge is 2.39. The predicted molar refractivity (Wildman–Crippen MR) is 119 cm³/mol. The molecule has 6 atom stereocenters. The molecule has 0 aromatic heterocycles. The third-order valence-electron chi connectivity index (χ3n) is 8.05. The van der Waals surface area contributed by atoms with Crippen molar-refractivity contribution in [3.63, 3.8) is 0 Å². The van der Waals surface area contributed by atoms with Crippen molar-refractivity contribution in [3.8, 4) is 0 Å². The highest BCUT2D eigenvalue weighted by Crippen LogP contribution is 2.48. The molecule has 4 rings (SSSR count). The van der Waals surface area contributed by atoms with E-state index in [1.54, 1.807) is 0 Å². The molecule has 0 aromatic carbocycles. The minimum Gasteiger partial charge on any atom is -0.273 e. The second-order valence-corrected chi connectivity index (χ2v) is 10.2. The van der Waals surface area contributed by atoms with Gasteiger partial charge in [0.25, 0.3) is 0 Å². The lowest BCUT2D eigenvalue weighted by atomic mass is 9.90. The molecule has 2 N–H and O–H groups in total. The van der Waals surface area contributed by atoms with Gasteiger partial charge in [-0.25, -0.2) is 10.9 Å². The summed E-state index contributed by atoms with van der Waals surface area (Å²) in [6.45, 7) is 0. The summed E-state index contributed by atoms with van der Waals surface area (Å²) in [5, 5.41) is 8.38. The molecule has 0 unspecified atom stereocenters. The van der Waals surface area contributed by atoms with E-state index in [-0.39, 0.29) is 11.8 Å². The van der Waals surface area contributed by atoms with Crippen LogP contribution in [-0.4, -0.2) is 24.2 Å². The zero-order chi connectivity index (χ0) is 20.8. The Balaban J connectivity index is 0.974. The van der Waals surface area contributed by atoms with Crippen molar-refractivity contribution in [2.45, 2.75) is 89.9 Å². The van der Waals surface area contributed by atoms with Gasteiger partial charge >= 0.3 is 0 Å². The monoisotopic (exact) mass is 414 g/mol. The highest BCUT2D eigenvalue weighted by atomic mass is 16.2. The molecule has 30 heavy (non-hydrogen) atoms. The molecular weight excluding hydrogens is 376 g/mol. The molecule has 4 saturated carbocycles. The second kappa shape index (κ2) is 10.5. The Labute approximate surface area is 180 Å². The largest absolute Gasteiger partial charge is 0.273 e. The van der Waals surface area contributed by atoms with Crippen molar-refractivity contribution in [2.75, 3.05) is 0 Å². The number of rotatable bonds is 11. The molecule has 4 aliphatic rings. The number of nitrogens with one attached hydrogen (secondary N) is 2. The van der Waals surface area contributed by atoms with Gasteiger partial charge in [-0.05, 0) is 86.9 Å². The van der Waals surface area contributed by atoms with Crippen molar-refractivity contribution in [3.05, 3.63) is 0 Å². The molecule has 6 heteroatoms. The lowest BCUT2D eigenvalue weighted by molar-refractivity contribution is -0.122. The smallest absolute Gasteiger partial charge is 0.240 e. The number of nitrogens with zero attached hydrogens (tertiary/aromatic N) is 2. The predicted octanol–water partition coefficient (Wildman–Crippen LogP) is 4.40.